The van der Waals surface area contributed by atoms with Crippen LogP contribution in [0.1, 0.15) is 85.0 Å². The van der Waals surface area contributed by atoms with Crippen LogP contribution in [0.25, 0.3) is 0 Å². The van der Waals surface area contributed by atoms with E-state index in [1.807, 2.05) is 0 Å². The normalized spacial score (nSPS) is 53.1. The fourth-order valence-electron chi connectivity index (χ4n) is 8.65. The first-order valence-electron chi connectivity index (χ1n) is 11.5. The first-order chi connectivity index (χ1) is 12.8. The standard InChI is InChI=1S/C24H39O3/c1-15(5-4-12-25)19-8-9-20-18-7-6-16-13-17(26)10-11-23(16,2)21(18)14-22(27)24(19,20)3/h15-22,26-27H,4-11,13-14H2,1-3H3/t15-,16-,17-,18+,19-,20+,21+,22+,23+,24-/m1/s1. The zero-order valence-corrected chi connectivity index (χ0v) is 17.5. The van der Waals surface area contributed by atoms with Crippen molar-refractivity contribution in [2.24, 2.45) is 46.3 Å². The van der Waals surface area contributed by atoms with Gasteiger partial charge in [-0.2, -0.15) is 0 Å². The van der Waals surface area contributed by atoms with Gasteiger partial charge < -0.3 is 10.2 Å². The fraction of sp³-hybridized carbons (Fsp3) is 0.958. The first-order valence-corrected chi connectivity index (χ1v) is 11.5. The summed E-state index contributed by atoms with van der Waals surface area (Å²) in [6.07, 6.45) is 12.2. The molecule has 4 rings (SSSR count). The largest absolute Gasteiger partial charge is 0.393 e. The van der Waals surface area contributed by atoms with Crippen molar-refractivity contribution in [1.82, 2.24) is 0 Å². The van der Waals surface area contributed by atoms with Crippen molar-refractivity contribution >= 4 is 6.29 Å². The summed E-state index contributed by atoms with van der Waals surface area (Å²) in [6, 6.07) is 0. The molecule has 0 amide bonds. The van der Waals surface area contributed by atoms with Gasteiger partial charge in [0, 0.05) is 6.42 Å². The zero-order valence-electron chi connectivity index (χ0n) is 17.5. The molecular weight excluding hydrogens is 336 g/mol. The lowest BCUT2D eigenvalue weighted by molar-refractivity contribution is -0.174. The Balaban J connectivity index is 1.58. The Bertz CT molecular complexity index is 562. The van der Waals surface area contributed by atoms with Crippen molar-refractivity contribution in [1.29, 1.82) is 0 Å². The van der Waals surface area contributed by atoms with Crippen molar-refractivity contribution in [3.8, 4) is 0 Å². The number of carbonyl (C=O) groups excluding carboxylic acids is 1. The van der Waals surface area contributed by atoms with Gasteiger partial charge >= 0.3 is 0 Å². The van der Waals surface area contributed by atoms with Crippen molar-refractivity contribution in [3.63, 3.8) is 0 Å². The van der Waals surface area contributed by atoms with E-state index >= 15 is 0 Å². The summed E-state index contributed by atoms with van der Waals surface area (Å²) in [4.78, 5) is 10.7. The van der Waals surface area contributed by atoms with Gasteiger partial charge in [-0.3, -0.25) is 4.79 Å². The van der Waals surface area contributed by atoms with E-state index in [1.54, 1.807) is 0 Å². The van der Waals surface area contributed by atoms with Gasteiger partial charge in [-0.05, 0) is 104 Å². The van der Waals surface area contributed by atoms with Crippen LogP contribution in [-0.2, 0) is 4.79 Å². The summed E-state index contributed by atoms with van der Waals surface area (Å²) in [5.41, 5.74) is 0.321. The van der Waals surface area contributed by atoms with Gasteiger partial charge in [0.05, 0.1) is 12.2 Å². The van der Waals surface area contributed by atoms with Crippen LogP contribution in [0.5, 0.6) is 0 Å². The van der Waals surface area contributed by atoms with E-state index in [0.717, 1.165) is 38.0 Å². The molecule has 3 heteroatoms. The molecule has 0 saturated heterocycles. The molecule has 4 fully saturated rings. The fourth-order valence-corrected chi connectivity index (χ4v) is 8.65. The highest BCUT2D eigenvalue weighted by Gasteiger charge is 2.63. The smallest absolute Gasteiger partial charge is 0.198 e. The van der Waals surface area contributed by atoms with E-state index in [-0.39, 0.29) is 17.6 Å². The van der Waals surface area contributed by atoms with Gasteiger partial charge in [-0.25, -0.2) is 0 Å². The van der Waals surface area contributed by atoms with E-state index in [4.69, 9.17) is 0 Å². The van der Waals surface area contributed by atoms with Crippen LogP contribution < -0.4 is 0 Å². The lowest BCUT2D eigenvalue weighted by atomic mass is 9.43. The Morgan fingerprint density at radius 3 is 2.56 bits per heavy atom. The predicted octanol–water partition coefficient (Wildman–Crippen LogP) is 4.50. The lowest BCUT2D eigenvalue weighted by Gasteiger charge is -2.62. The van der Waals surface area contributed by atoms with E-state index in [0.29, 0.717) is 41.4 Å². The molecule has 0 spiro atoms. The highest BCUT2D eigenvalue weighted by atomic mass is 16.3. The number of fused-ring (bicyclic) bond motifs is 5. The van der Waals surface area contributed by atoms with E-state index in [9.17, 15) is 15.0 Å². The number of rotatable bonds is 4. The van der Waals surface area contributed by atoms with E-state index < -0.39 is 0 Å². The molecule has 0 heterocycles. The Morgan fingerprint density at radius 1 is 1.04 bits per heavy atom. The molecule has 4 aliphatic rings. The summed E-state index contributed by atoms with van der Waals surface area (Å²) >= 11 is 0. The summed E-state index contributed by atoms with van der Waals surface area (Å²) in [5.74, 6) is 3.65. The molecular formula is C24H39O3. The Labute approximate surface area is 165 Å². The third-order valence-electron chi connectivity index (χ3n) is 10.2. The van der Waals surface area contributed by atoms with Gasteiger partial charge in [0.1, 0.15) is 0 Å². The molecule has 0 aliphatic heterocycles. The summed E-state index contributed by atoms with van der Waals surface area (Å²) in [6.45, 7) is 7.14. The van der Waals surface area contributed by atoms with Gasteiger partial charge in [0.15, 0.2) is 6.29 Å². The molecule has 10 atom stereocenters. The van der Waals surface area contributed by atoms with Crippen molar-refractivity contribution in [2.75, 3.05) is 0 Å². The highest BCUT2D eigenvalue weighted by Crippen LogP contribution is 2.68. The Morgan fingerprint density at radius 2 is 1.81 bits per heavy atom. The molecule has 27 heavy (non-hydrogen) atoms. The average molecular weight is 376 g/mol. The molecule has 0 aromatic rings. The highest BCUT2D eigenvalue weighted by molar-refractivity contribution is 5.50. The zero-order chi connectivity index (χ0) is 19.4. The maximum atomic E-state index is 11.5. The van der Waals surface area contributed by atoms with Crippen molar-refractivity contribution in [3.05, 3.63) is 0 Å². The van der Waals surface area contributed by atoms with Gasteiger partial charge in [-0.15, -0.1) is 0 Å². The monoisotopic (exact) mass is 375 g/mol. The Kier molecular flexibility index (Phi) is 5.25. The minimum Gasteiger partial charge on any atom is -0.393 e. The number of aliphatic hydroxyl groups excluding tert-OH is 2. The quantitative estimate of drug-likeness (QED) is 0.760. The van der Waals surface area contributed by atoms with Crippen LogP contribution in [0.2, 0.25) is 0 Å². The van der Waals surface area contributed by atoms with Gasteiger partial charge in [0.2, 0.25) is 0 Å². The number of hydrogen-bond acceptors (Lipinski definition) is 3. The summed E-state index contributed by atoms with van der Waals surface area (Å²) in [5, 5.41) is 21.6. The van der Waals surface area contributed by atoms with Gasteiger partial charge in [0.25, 0.3) is 0 Å². The summed E-state index contributed by atoms with van der Waals surface area (Å²) in [7, 11) is 0. The molecule has 0 aromatic carbocycles. The van der Waals surface area contributed by atoms with Crippen LogP contribution in [-0.4, -0.2) is 28.7 Å². The number of aliphatic hydroxyl groups is 2. The molecule has 4 aliphatic carbocycles. The van der Waals surface area contributed by atoms with Crippen molar-refractivity contribution in [2.45, 2.75) is 97.2 Å². The molecule has 2 N–H and O–H groups in total. The van der Waals surface area contributed by atoms with Gasteiger partial charge in [-0.1, -0.05) is 20.8 Å². The molecule has 0 bridgehead atoms. The average Bonchev–Trinajstić information content (AvgIpc) is 3.00. The third-order valence-corrected chi connectivity index (χ3v) is 10.2. The molecule has 0 aromatic heterocycles. The molecule has 153 valence electrons. The van der Waals surface area contributed by atoms with Crippen LogP contribution in [0, 0.1) is 46.3 Å². The lowest BCUT2D eigenvalue weighted by Crippen LogP contribution is -2.58. The summed E-state index contributed by atoms with van der Waals surface area (Å²) < 4.78 is 0. The third kappa shape index (κ3) is 2.94. The van der Waals surface area contributed by atoms with Crippen molar-refractivity contribution < 1.29 is 15.0 Å². The molecule has 0 unspecified atom stereocenters. The SMILES string of the molecule is C[C@H](CC[C]=O)[C@H]1CC[C@H]2[C@@H]3CC[C@@H]4C[C@H](O)CC[C@]4(C)[C@H]3C[C@H](O)[C@]12C. The second-order valence-electron chi connectivity index (χ2n) is 11.0. The van der Waals surface area contributed by atoms with Crippen LogP contribution in [0.4, 0.5) is 0 Å². The molecule has 4 saturated carbocycles. The molecule has 1 radical (unpaired) electrons. The number of hydrogen-bond donors (Lipinski definition) is 2. The predicted molar refractivity (Wildman–Crippen MR) is 107 cm³/mol. The maximum absolute atomic E-state index is 11.5. The first kappa shape index (κ1) is 19.9. The second kappa shape index (κ2) is 7.13. The van der Waals surface area contributed by atoms with E-state index in [2.05, 4.69) is 27.1 Å². The maximum Gasteiger partial charge on any atom is 0.198 e. The van der Waals surface area contributed by atoms with Crippen LogP contribution >= 0.6 is 0 Å². The van der Waals surface area contributed by atoms with Crippen LogP contribution in [0.3, 0.4) is 0 Å². The Hall–Kier alpha value is -0.410. The topological polar surface area (TPSA) is 57.5 Å². The molecule has 3 nitrogen and oxygen atoms in total. The second-order valence-corrected chi connectivity index (χ2v) is 11.0. The van der Waals surface area contributed by atoms with E-state index in [1.165, 1.54) is 25.7 Å². The minimum atomic E-state index is -0.221. The van der Waals surface area contributed by atoms with Crippen LogP contribution in [0.15, 0.2) is 0 Å². The minimum absolute atomic E-state index is 0.0147.